The van der Waals surface area contributed by atoms with Crippen LogP contribution in [-0.4, -0.2) is 57.0 Å². The van der Waals surface area contributed by atoms with Gasteiger partial charge in [-0.25, -0.2) is 13.1 Å². The van der Waals surface area contributed by atoms with Gasteiger partial charge in [-0.3, -0.25) is 9.59 Å². The minimum absolute atomic E-state index is 0.0407. The molecule has 1 unspecified atom stereocenters. The first-order chi connectivity index (χ1) is 8.28. The highest BCUT2D eigenvalue weighted by atomic mass is 32.2. The molecule has 0 saturated carbocycles. The average molecular weight is 282 g/mol. The third-order valence-electron chi connectivity index (χ3n) is 1.90. The summed E-state index contributed by atoms with van der Waals surface area (Å²) >= 11 is 0. The van der Waals surface area contributed by atoms with Crippen molar-refractivity contribution in [3.8, 4) is 0 Å². The van der Waals surface area contributed by atoms with Gasteiger partial charge in [-0.2, -0.15) is 0 Å². The molecule has 0 aromatic heterocycles. The molecule has 0 aliphatic heterocycles. The molecule has 0 rings (SSSR count). The maximum atomic E-state index is 11.3. The number of carboxylic acid groups (broad SMARTS) is 1. The van der Waals surface area contributed by atoms with Crippen LogP contribution in [0.1, 0.15) is 13.8 Å². The number of carbonyl (C=O) groups is 2. The van der Waals surface area contributed by atoms with E-state index in [0.29, 0.717) is 6.61 Å². The summed E-state index contributed by atoms with van der Waals surface area (Å²) in [6.45, 7) is 2.97. The van der Waals surface area contributed by atoms with Gasteiger partial charge >= 0.3 is 5.97 Å². The monoisotopic (exact) mass is 282 g/mol. The van der Waals surface area contributed by atoms with Crippen molar-refractivity contribution in [2.75, 3.05) is 25.5 Å². The molecule has 8 nitrogen and oxygen atoms in total. The van der Waals surface area contributed by atoms with Gasteiger partial charge in [0.2, 0.25) is 15.9 Å². The molecule has 0 fully saturated rings. The molecule has 0 aliphatic rings. The Balaban J connectivity index is 4.00. The fourth-order valence-corrected chi connectivity index (χ4v) is 1.75. The molecule has 0 radical (unpaired) electrons. The lowest BCUT2D eigenvalue weighted by atomic mass is 10.3. The van der Waals surface area contributed by atoms with E-state index >= 15 is 0 Å². The molecule has 0 spiro atoms. The molecule has 3 N–H and O–H groups in total. The van der Waals surface area contributed by atoms with Gasteiger partial charge in [0.25, 0.3) is 0 Å². The molecule has 9 heteroatoms. The van der Waals surface area contributed by atoms with E-state index in [2.05, 4.69) is 5.32 Å². The summed E-state index contributed by atoms with van der Waals surface area (Å²) in [6.07, 6.45) is 0. The maximum absolute atomic E-state index is 11.3. The highest BCUT2D eigenvalue weighted by molar-refractivity contribution is 7.89. The van der Waals surface area contributed by atoms with Crippen LogP contribution in [0.2, 0.25) is 0 Å². The molecule has 106 valence electrons. The minimum Gasteiger partial charge on any atom is -0.480 e. The average Bonchev–Trinajstić information content (AvgIpc) is 2.26. The summed E-state index contributed by atoms with van der Waals surface area (Å²) in [5.41, 5.74) is 0. The Morgan fingerprint density at radius 3 is 2.50 bits per heavy atom. The Morgan fingerprint density at radius 2 is 2.00 bits per heavy atom. The first kappa shape index (κ1) is 16.8. The standard InChI is InChI=1S/C9H18N2O6S/c1-3-17-4-5-18(15,16)10-6-8(12)11-7(2)9(13)14/h7,10H,3-6H2,1-2H3,(H,11,12)(H,13,14). The fourth-order valence-electron chi connectivity index (χ4n) is 0.915. The van der Waals surface area contributed by atoms with Gasteiger partial charge in [-0.05, 0) is 13.8 Å². The number of carboxylic acids is 1. The van der Waals surface area contributed by atoms with Gasteiger partial charge in [0.05, 0.1) is 18.9 Å². The lowest BCUT2D eigenvalue weighted by molar-refractivity contribution is -0.141. The number of carbonyl (C=O) groups excluding carboxylic acids is 1. The van der Waals surface area contributed by atoms with Crippen molar-refractivity contribution < 1.29 is 27.9 Å². The predicted octanol–water partition coefficient (Wildman–Crippen LogP) is -1.47. The highest BCUT2D eigenvalue weighted by Crippen LogP contribution is 1.86. The van der Waals surface area contributed by atoms with Crippen LogP contribution in [0, 0.1) is 0 Å². The Hall–Kier alpha value is -1.19. The predicted molar refractivity (Wildman–Crippen MR) is 63.5 cm³/mol. The molecule has 0 heterocycles. The van der Waals surface area contributed by atoms with Gasteiger partial charge in [0.1, 0.15) is 6.04 Å². The summed E-state index contributed by atoms with van der Waals surface area (Å²) in [4.78, 5) is 21.6. The van der Waals surface area contributed by atoms with Gasteiger partial charge in [-0.1, -0.05) is 0 Å². The molecular formula is C9H18N2O6S. The summed E-state index contributed by atoms with van der Waals surface area (Å²) in [5, 5.41) is 10.7. The Labute approximate surface area is 106 Å². The van der Waals surface area contributed by atoms with E-state index < -0.39 is 34.5 Å². The fraction of sp³-hybridized carbons (Fsp3) is 0.778. The van der Waals surface area contributed by atoms with E-state index in [1.54, 1.807) is 6.92 Å². The second-order valence-corrected chi connectivity index (χ2v) is 5.39. The van der Waals surface area contributed by atoms with E-state index in [1.165, 1.54) is 6.92 Å². The minimum atomic E-state index is -3.59. The van der Waals surface area contributed by atoms with Gasteiger partial charge in [0, 0.05) is 6.61 Å². The van der Waals surface area contributed by atoms with Crippen LogP contribution < -0.4 is 10.0 Å². The van der Waals surface area contributed by atoms with Crippen molar-refractivity contribution in [2.45, 2.75) is 19.9 Å². The molecule has 0 aromatic rings. The zero-order valence-corrected chi connectivity index (χ0v) is 11.1. The molecule has 0 aromatic carbocycles. The maximum Gasteiger partial charge on any atom is 0.325 e. The second-order valence-electron chi connectivity index (χ2n) is 3.46. The third-order valence-corrected chi connectivity index (χ3v) is 3.19. The van der Waals surface area contributed by atoms with Gasteiger partial charge < -0.3 is 15.2 Å². The first-order valence-electron chi connectivity index (χ1n) is 5.35. The number of sulfonamides is 1. The summed E-state index contributed by atoms with van der Waals surface area (Å²) < 4.78 is 29.6. The number of ether oxygens (including phenoxy) is 1. The van der Waals surface area contributed by atoms with Crippen LogP contribution in [0.4, 0.5) is 0 Å². The first-order valence-corrected chi connectivity index (χ1v) is 7.01. The van der Waals surface area contributed by atoms with Crippen molar-refractivity contribution in [1.29, 1.82) is 0 Å². The van der Waals surface area contributed by atoms with Crippen molar-refractivity contribution >= 4 is 21.9 Å². The molecule has 1 amide bonds. The largest absolute Gasteiger partial charge is 0.480 e. The van der Waals surface area contributed by atoms with Crippen LogP contribution in [0.25, 0.3) is 0 Å². The van der Waals surface area contributed by atoms with Crippen molar-refractivity contribution in [2.24, 2.45) is 0 Å². The van der Waals surface area contributed by atoms with Crippen molar-refractivity contribution in [3.63, 3.8) is 0 Å². The summed E-state index contributed by atoms with van der Waals surface area (Å²) in [7, 11) is -3.59. The number of aliphatic carboxylic acids is 1. The number of amides is 1. The van der Waals surface area contributed by atoms with E-state index in [0.717, 1.165) is 0 Å². The number of hydrogen-bond acceptors (Lipinski definition) is 5. The van der Waals surface area contributed by atoms with Gasteiger partial charge in [-0.15, -0.1) is 0 Å². The number of rotatable bonds is 9. The van der Waals surface area contributed by atoms with E-state index in [-0.39, 0.29) is 12.4 Å². The zero-order chi connectivity index (χ0) is 14.2. The molecule has 0 saturated heterocycles. The molecule has 0 bridgehead atoms. The van der Waals surface area contributed by atoms with Crippen LogP contribution in [0.3, 0.4) is 0 Å². The Morgan fingerprint density at radius 1 is 1.39 bits per heavy atom. The SMILES string of the molecule is CCOCCS(=O)(=O)NCC(=O)NC(C)C(=O)O. The molecule has 18 heavy (non-hydrogen) atoms. The van der Waals surface area contributed by atoms with E-state index in [9.17, 15) is 18.0 Å². The van der Waals surface area contributed by atoms with E-state index in [4.69, 9.17) is 9.84 Å². The third kappa shape index (κ3) is 7.98. The lowest BCUT2D eigenvalue weighted by Gasteiger charge is -2.10. The van der Waals surface area contributed by atoms with Crippen molar-refractivity contribution in [1.82, 2.24) is 10.0 Å². The van der Waals surface area contributed by atoms with Crippen LogP contribution in [-0.2, 0) is 24.3 Å². The number of nitrogens with one attached hydrogen (secondary N) is 2. The molecule has 0 aliphatic carbocycles. The topological polar surface area (TPSA) is 122 Å². The van der Waals surface area contributed by atoms with Gasteiger partial charge in [0.15, 0.2) is 0 Å². The smallest absolute Gasteiger partial charge is 0.325 e. The zero-order valence-electron chi connectivity index (χ0n) is 10.3. The summed E-state index contributed by atoms with van der Waals surface area (Å²) in [6, 6.07) is -1.06. The van der Waals surface area contributed by atoms with Crippen LogP contribution >= 0.6 is 0 Å². The summed E-state index contributed by atoms with van der Waals surface area (Å²) in [5.74, 6) is -2.14. The second kappa shape index (κ2) is 8.01. The highest BCUT2D eigenvalue weighted by Gasteiger charge is 2.16. The van der Waals surface area contributed by atoms with Crippen LogP contribution in [0.5, 0.6) is 0 Å². The van der Waals surface area contributed by atoms with Crippen LogP contribution in [0.15, 0.2) is 0 Å². The Bertz CT molecular complexity index is 381. The molecular weight excluding hydrogens is 264 g/mol. The normalized spacial score (nSPS) is 13.0. The van der Waals surface area contributed by atoms with Crippen molar-refractivity contribution in [3.05, 3.63) is 0 Å². The molecule has 1 atom stereocenters. The lowest BCUT2D eigenvalue weighted by Crippen LogP contribution is -2.44. The quantitative estimate of drug-likeness (QED) is 0.444. The Kier molecular flexibility index (Phi) is 7.48. The number of hydrogen-bond donors (Lipinski definition) is 3. The van der Waals surface area contributed by atoms with E-state index in [1.807, 2.05) is 4.72 Å².